The third kappa shape index (κ3) is 7.49. The monoisotopic (exact) mass is 272 g/mol. The number of hydrogen-bond acceptors (Lipinski definition) is 0. The van der Waals surface area contributed by atoms with Gasteiger partial charge in [0, 0.05) is 0 Å². The number of rotatable bonds is 9. The van der Waals surface area contributed by atoms with Gasteiger partial charge in [-0.2, -0.15) is 0 Å². The molecule has 19 heavy (non-hydrogen) atoms. The summed E-state index contributed by atoms with van der Waals surface area (Å²) in [4.78, 5) is 0. The van der Waals surface area contributed by atoms with E-state index >= 15 is 0 Å². The molecule has 0 aliphatic heterocycles. The molecule has 0 radical (unpaired) electrons. The Hall–Kier alpha value is -0.660. The summed E-state index contributed by atoms with van der Waals surface area (Å²) in [6.07, 6.45) is 3.37. The van der Waals surface area contributed by atoms with E-state index in [-0.39, 0.29) is 11.8 Å². The largest absolute Gasteiger partial charge is 0.248 e. The van der Waals surface area contributed by atoms with E-state index in [0.29, 0.717) is 12.8 Å². The lowest BCUT2D eigenvalue weighted by molar-refractivity contribution is 0.299. The van der Waals surface area contributed by atoms with Gasteiger partial charge in [0.2, 0.25) is 0 Å². The van der Waals surface area contributed by atoms with Gasteiger partial charge in [-0.05, 0) is 58.3 Å². The summed E-state index contributed by atoms with van der Waals surface area (Å²) in [7, 11) is 0. The SMILES string of the molecule is C=C(/C=C(\C)C(CC)CC(C)F)C(CC)CC(C)F. The summed E-state index contributed by atoms with van der Waals surface area (Å²) in [6, 6.07) is 0. The van der Waals surface area contributed by atoms with Crippen molar-refractivity contribution in [1.82, 2.24) is 0 Å². The van der Waals surface area contributed by atoms with Crippen LogP contribution in [-0.4, -0.2) is 12.3 Å². The van der Waals surface area contributed by atoms with E-state index in [9.17, 15) is 8.78 Å². The van der Waals surface area contributed by atoms with Gasteiger partial charge in [0.25, 0.3) is 0 Å². The maximum Gasteiger partial charge on any atom is 0.0979 e. The van der Waals surface area contributed by atoms with Crippen LogP contribution < -0.4 is 0 Å². The van der Waals surface area contributed by atoms with Crippen molar-refractivity contribution in [3.8, 4) is 0 Å². The Morgan fingerprint density at radius 1 is 1.00 bits per heavy atom. The molecule has 0 aromatic carbocycles. The summed E-state index contributed by atoms with van der Waals surface area (Å²) in [6.45, 7) is 13.4. The van der Waals surface area contributed by atoms with Gasteiger partial charge < -0.3 is 0 Å². The molecule has 0 amide bonds. The third-order valence-corrected chi connectivity index (χ3v) is 3.79. The zero-order valence-electron chi connectivity index (χ0n) is 13.2. The predicted molar refractivity (Wildman–Crippen MR) is 80.8 cm³/mol. The van der Waals surface area contributed by atoms with E-state index in [1.165, 1.54) is 5.57 Å². The van der Waals surface area contributed by atoms with Crippen molar-refractivity contribution in [3.63, 3.8) is 0 Å². The minimum Gasteiger partial charge on any atom is -0.248 e. The van der Waals surface area contributed by atoms with Gasteiger partial charge in [-0.15, -0.1) is 0 Å². The van der Waals surface area contributed by atoms with Gasteiger partial charge in [-0.25, -0.2) is 8.78 Å². The highest BCUT2D eigenvalue weighted by Crippen LogP contribution is 2.27. The van der Waals surface area contributed by atoms with Crippen LogP contribution in [0.15, 0.2) is 23.8 Å². The van der Waals surface area contributed by atoms with Crippen molar-refractivity contribution in [3.05, 3.63) is 23.8 Å². The van der Waals surface area contributed by atoms with Gasteiger partial charge in [0.1, 0.15) is 0 Å². The maximum atomic E-state index is 13.1. The second-order valence-electron chi connectivity index (χ2n) is 5.71. The van der Waals surface area contributed by atoms with Gasteiger partial charge >= 0.3 is 0 Å². The van der Waals surface area contributed by atoms with Crippen molar-refractivity contribution < 1.29 is 8.78 Å². The fraction of sp³-hybridized carbons (Fsp3) is 0.765. The average molecular weight is 272 g/mol. The lowest BCUT2D eigenvalue weighted by atomic mass is 9.86. The molecular formula is C17H30F2. The fourth-order valence-corrected chi connectivity index (χ4v) is 2.57. The Labute approximate surface area is 118 Å². The zero-order valence-corrected chi connectivity index (χ0v) is 13.2. The van der Waals surface area contributed by atoms with E-state index in [0.717, 1.165) is 18.4 Å². The van der Waals surface area contributed by atoms with Crippen LogP contribution in [0.4, 0.5) is 8.78 Å². The number of allylic oxidation sites excluding steroid dienone is 3. The summed E-state index contributed by atoms with van der Waals surface area (Å²) in [5, 5.41) is 0. The lowest BCUT2D eigenvalue weighted by Gasteiger charge is -2.20. The quantitative estimate of drug-likeness (QED) is 0.449. The van der Waals surface area contributed by atoms with E-state index in [2.05, 4.69) is 20.4 Å². The van der Waals surface area contributed by atoms with Crippen molar-refractivity contribution in [2.75, 3.05) is 0 Å². The second-order valence-corrected chi connectivity index (χ2v) is 5.71. The Morgan fingerprint density at radius 3 is 1.79 bits per heavy atom. The van der Waals surface area contributed by atoms with Crippen LogP contribution in [-0.2, 0) is 0 Å². The summed E-state index contributed by atoms with van der Waals surface area (Å²) in [5.41, 5.74) is 2.15. The van der Waals surface area contributed by atoms with Gasteiger partial charge in [-0.1, -0.05) is 37.6 Å². The van der Waals surface area contributed by atoms with Crippen LogP contribution in [0.5, 0.6) is 0 Å². The molecule has 0 bridgehead atoms. The molecule has 0 spiro atoms. The second kappa shape index (κ2) is 9.28. The first-order valence-electron chi connectivity index (χ1n) is 7.46. The first-order chi connectivity index (χ1) is 8.81. The first kappa shape index (κ1) is 18.3. The van der Waals surface area contributed by atoms with E-state index in [1.807, 2.05) is 13.0 Å². The Kier molecular flexibility index (Phi) is 8.95. The van der Waals surface area contributed by atoms with Crippen LogP contribution in [0.25, 0.3) is 0 Å². The normalized spacial score (nSPS) is 18.8. The standard InChI is InChI=1S/C17H30F2/c1-7-16(10-14(5)18)12(3)9-13(4)17(8-2)11-15(6)19/h9,14-17H,3,7-8,10-11H2,1-2,4-6H3/b13-9+. The first-order valence-corrected chi connectivity index (χ1v) is 7.46. The van der Waals surface area contributed by atoms with Gasteiger partial charge in [-0.3, -0.25) is 0 Å². The molecule has 2 heteroatoms. The summed E-state index contributed by atoms with van der Waals surface area (Å²) in [5.74, 6) is 0.451. The highest BCUT2D eigenvalue weighted by Gasteiger charge is 2.16. The van der Waals surface area contributed by atoms with E-state index < -0.39 is 12.3 Å². The highest BCUT2D eigenvalue weighted by molar-refractivity contribution is 5.23. The molecular weight excluding hydrogens is 242 g/mol. The van der Waals surface area contributed by atoms with Gasteiger partial charge in [0.05, 0.1) is 12.3 Å². The van der Waals surface area contributed by atoms with Crippen LogP contribution >= 0.6 is 0 Å². The van der Waals surface area contributed by atoms with Crippen LogP contribution in [0.2, 0.25) is 0 Å². The van der Waals surface area contributed by atoms with Crippen molar-refractivity contribution in [2.45, 2.75) is 72.6 Å². The molecule has 0 nitrogen and oxygen atoms in total. The van der Waals surface area contributed by atoms with Crippen molar-refractivity contribution in [1.29, 1.82) is 0 Å². The maximum absolute atomic E-state index is 13.1. The minimum atomic E-state index is -0.803. The fourth-order valence-electron chi connectivity index (χ4n) is 2.57. The van der Waals surface area contributed by atoms with Crippen LogP contribution in [0.1, 0.15) is 60.3 Å². The van der Waals surface area contributed by atoms with Gasteiger partial charge in [0.15, 0.2) is 0 Å². The molecule has 112 valence electrons. The predicted octanol–water partition coefficient (Wildman–Crippen LogP) is 6.04. The topological polar surface area (TPSA) is 0 Å². The average Bonchev–Trinajstić information content (AvgIpc) is 2.31. The molecule has 0 aromatic heterocycles. The molecule has 0 N–H and O–H groups in total. The molecule has 0 rings (SSSR count). The Balaban J connectivity index is 4.73. The number of hydrogen-bond donors (Lipinski definition) is 0. The minimum absolute atomic E-state index is 0.190. The van der Waals surface area contributed by atoms with Crippen LogP contribution in [0, 0.1) is 11.8 Å². The molecule has 0 aliphatic rings. The lowest BCUT2D eigenvalue weighted by Crippen LogP contribution is -2.10. The molecule has 0 saturated carbocycles. The molecule has 0 fully saturated rings. The van der Waals surface area contributed by atoms with E-state index in [4.69, 9.17) is 0 Å². The summed E-state index contributed by atoms with van der Waals surface area (Å²) >= 11 is 0. The Morgan fingerprint density at radius 2 is 1.42 bits per heavy atom. The molecule has 0 saturated heterocycles. The Bertz CT molecular complexity index is 290. The number of alkyl halides is 2. The highest BCUT2D eigenvalue weighted by atomic mass is 19.1. The summed E-state index contributed by atoms with van der Waals surface area (Å²) < 4.78 is 26.3. The molecule has 0 heterocycles. The third-order valence-electron chi connectivity index (χ3n) is 3.79. The van der Waals surface area contributed by atoms with Crippen LogP contribution in [0.3, 0.4) is 0 Å². The number of halogens is 2. The molecule has 4 atom stereocenters. The molecule has 0 aromatic rings. The molecule has 4 unspecified atom stereocenters. The van der Waals surface area contributed by atoms with Crippen molar-refractivity contribution in [2.24, 2.45) is 11.8 Å². The zero-order chi connectivity index (χ0) is 15.0. The van der Waals surface area contributed by atoms with E-state index in [1.54, 1.807) is 13.8 Å². The molecule has 0 aliphatic carbocycles. The smallest absolute Gasteiger partial charge is 0.0979 e. The van der Waals surface area contributed by atoms with Crippen molar-refractivity contribution >= 4 is 0 Å².